The molecule has 0 aliphatic rings. The van der Waals surface area contributed by atoms with Crippen molar-refractivity contribution in [1.82, 2.24) is 14.6 Å². The first kappa shape index (κ1) is 12.4. The molecular weight excluding hydrogens is 292 g/mol. The van der Waals surface area contributed by atoms with Gasteiger partial charge in [-0.3, -0.25) is 0 Å². The van der Waals surface area contributed by atoms with Gasteiger partial charge in [-0.1, -0.05) is 13.8 Å². The molecule has 0 N–H and O–H groups in total. The van der Waals surface area contributed by atoms with Crippen LogP contribution in [0.1, 0.15) is 44.0 Å². The molecule has 2 aromatic rings. The highest BCUT2D eigenvalue weighted by Crippen LogP contribution is 2.25. The highest BCUT2D eigenvalue weighted by atomic mass is 79.9. The molecular formula is C11H12BrF2N3. The minimum Gasteiger partial charge on any atom is -0.212 e. The van der Waals surface area contributed by atoms with E-state index in [0.717, 1.165) is 6.42 Å². The van der Waals surface area contributed by atoms with Crippen LogP contribution in [0.2, 0.25) is 0 Å². The Morgan fingerprint density at radius 2 is 2.12 bits per heavy atom. The Balaban J connectivity index is 2.56. The largest absolute Gasteiger partial charge is 0.264 e. The van der Waals surface area contributed by atoms with Crippen LogP contribution in [0.4, 0.5) is 8.78 Å². The Hall–Kier alpha value is -1.04. The van der Waals surface area contributed by atoms with Crippen molar-refractivity contribution < 1.29 is 8.78 Å². The van der Waals surface area contributed by atoms with Gasteiger partial charge in [0.15, 0.2) is 11.5 Å². The Morgan fingerprint density at radius 3 is 2.71 bits per heavy atom. The van der Waals surface area contributed by atoms with E-state index in [1.165, 1.54) is 16.6 Å². The number of rotatable bonds is 3. The van der Waals surface area contributed by atoms with Gasteiger partial charge in [0.1, 0.15) is 4.60 Å². The molecule has 3 nitrogen and oxygen atoms in total. The SMILES string of the molecule is CCC(C)c1nc2cc(C(F)F)cc(Br)n2n1. The minimum atomic E-state index is -2.50. The molecule has 0 bridgehead atoms. The van der Waals surface area contributed by atoms with Gasteiger partial charge in [0.25, 0.3) is 6.43 Å². The van der Waals surface area contributed by atoms with E-state index in [1.54, 1.807) is 0 Å². The standard InChI is InChI=1S/C11H12BrF2N3/c1-3-6(2)11-15-9-5-7(10(13)14)4-8(12)17(9)16-11/h4-6,10H,3H2,1-2H3. The van der Waals surface area contributed by atoms with E-state index in [-0.39, 0.29) is 11.5 Å². The molecule has 2 rings (SSSR count). The van der Waals surface area contributed by atoms with Crippen LogP contribution in [0.15, 0.2) is 16.7 Å². The van der Waals surface area contributed by atoms with Crippen molar-refractivity contribution in [3.8, 4) is 0 Å². The fourth-order valence-electron chi connectivity index (χ4n) is 1.50. The number of pyridine rings is 1. The van der Waals surface area contributed by atoms with Crippen LogP contribution in [-0.2, 0) is 0 Å². The lowest BCUT2D eigenvalue weighted by molar-refractivity contribution is 0.151. The molecule has 0 aliphatic heterocycles. The van der Waals surface area contributed by atoms with Crippen LogP contribution in [0, 0.1) is 0 Å². The van der Waals surface area contributed by atoms with Gasteiger partial charge in [-0.2, -0.15) is 0 Å². The quantitative estimate of drug-likeness (QED) is 0.804. The van der Waals surface area contributed by atoms with Gasteiger partial charge < -0.3 is 0 Å². The average molecular weight is 304 g/mol. The zero-order valence-electron chi connectivity index (χ0n) is 9.49. The summed E-state index contributed by atoms with van der Waals surface area (Å²) < 4.78 is 27.3. The van der Waals surface area contributed by atoms with E-state index in [9.17, 15) is 8.78 Å². The maximum atomic E-state index is 12.6. The van der Waals surface area contributed by atoms with Crippen molar-refractivity contribution in [2.24, 2.45) is 0 Å². The summed E-state index contributed by atoms with van der Waals surface area (Å²) in [5, 5.41) is 4.30. The van der Waals surface area contributed by atoms with E-state index < -0.39 is 6.43 Å². The zero-order chi connectivity index (χ0) is 12.6. The van der Waals surface area contributed by atoms with Crippen molar-refractivity contribution in [2.75, 3.05) is 0 Å². The third-order valence-electron chi connectivity index (χ3n) is 2.74. The number of nitrogens with zero attached hydrogens (tertiary/aromatic N) is 3. The predicted molar refractivity (Wildman–Crippen MR) is 64.4 cm³/mol. The maximum Gasteiger partial charge on any atom is 0.264 e. The Bertz CT molecular complexity index is 539. The molecule has 0 amide bonds. The molecule has 0 aliphatic carbocycles. The third-order valence-corrected chi connectivity index (χ3v) is 3.30. The van der Waals surface area contributed by atoms with Crippen LogP contribution < -0.4 is 0 Å². The minimum absolute atomic E-state index is 0.0486. The number of halogens is 3. The Kier molecular flexibility index (Phi) is 3.42. The van der Waals surface area contributed by atoms with Crippen LogP contribution in [0.25, 0.3) is 5.65 Å². The van der Waals surface area contributed by atoms with Crippen molar-refractivity contribution in [3.05, 3.63) is 28.1 Å². The summed E-state index contributed by atoms with van der Waals surface area (Å²) in [7, 11) is 0. The van der Waals surface area contributed by atoms with Crippen molar-refractivity contribution in [3.63, 3.8) is 0 Å². The van der Waals surface area contributed by atoms with Gasteiger partial charge in [0.05, 0.1) is 0 Å². The Labute approximate surface area is 106 Å². The first-order valence-electron chi connectivity index (χ1n) is 5.37. The smallest absolute Gasteiger partial charge is 0.212 e. The first-order chi connectivity index (χ1) is 8.02. The van der Waals surface area contributed by atoms with Crippen LogP contribution in [0.5, 0.6) is 0 Å². The number of alkyl halides is 2. The van der Waals surface area contributed by atoms with Gasteiger partial charge in [0.2, 0.25) is 0 Å². The predicted octanol–water partition coefficient (Wildman–Crippen LogP) is 3.94. The monoisotopic (exact) mass is 303 g/mol. The molecule has 92 valence electrons. The van der Waals surface area contributed by atoms with Crippen molar-refractivity contribution in [1.29, 1.82) is 0 Å². The Morgan fingerprint density at radius 1 is 1.41 bits per heavy atom. The lowest BCUT2D eigenvalue weighted by Crippen LogP contribution is -1.96. The second kappa shape index (κ2) is 4.68. The van der Waals surface area contributed by atoms with Crippen LogP contribution in [0.3, 0.4) is 0 Å². The van der Waals surface area contributed by atoms with Crippen LogP contribution >= 0.6 is 15.9 Å². The van der Waals surface area contributed by atoms with Gasteiger partial charge in [0, 0.05) is 11.5 Å². The van der Waals surface area contributed by atoms with Crippen LogP contribution in [-0.4, -0.2) is 14.6 Å². The second-order valence-electron chi connectivity index (χ2n) is 3.96. The van der Waals surface area contributed by atoms with E-state index in [2.05, 4.69) is 26.0 Å². The molecule has 1 unspecified atom stereocenters. The highest BCUT2D eigenvalue weighted by molar-refractivity contribution is 9.10. The molecule has 0 radical (unpaired) electrons. The van der Waals surface area contributed by atoms with Gasteiger partial charge in [-0.25, -0.2) is 18.3 Å². The average Bonchev–Trinajstić information content (AvgIpc) is 2.72. The molecule has 2 aromatic heterocycles. The summed E-state index contributed by atoms with van der Waals surface area (Å²) in [5.74, 6) is 0.899. The molecule has 0 saturated heterocycles. The number of hydrogen-bond acceptors (Lipinski definition) is 2. The normalized spacial score (nSPS) is 13.5. The lowest BCUT2D eigenvalue weighted by atomic mass is 10.1. The summed E-state index contributed by atoms with van der Waals surface area (Å²) in [6.07, 6.45) is -1.59. The highest BCUT2D eigenvalue weighted by Gasteiger charge is 2.15. The molecule has 2 heterocycles. The van der Waals surface area contributed by atoms with E-state index in [0.29, 0.717) is 16.1 Å². The zero-order valence-corrected chi connectivity index (χ0v) is 11.1. The van der Waals surface area contributed by atoms with Crippen molar-refractivity contribution >= 4 is 21.6 Å². The maximum absolute atomic E-state index is 12.6. The summed E-state index contributed by atoms with van der Waals surface area (Å²) in [5.41, 5.74) is 0.400. The lowest BCUT2D eigenvalue weighted by Gasteiger charge is -2.01. The third kappa shape index (κ3) is 2.31. The molecule has 0 saturated carbocycles. The summed E-state index contributed by atoms with van der Waals surface area (Å²) in [6.45, 7) is 4.05. The fourth-order valence-corrected chi connectivity index (χ4v) is 2.02. The molecule has 0 aromatic carbocycles. The molecule has 6 heteroatoms. The van der Waals surface area contributed by atoms with Crippen molar-refractivity contribution in [2.45, 2.75) is 32.6 Å². The summed E-state index contributed by atoms with van der Waals surface area (Å²) in [4.78, 5) is 4.28. The summed E-state index contributed by atoms with van der Waals surface area (Å²) >= 11 is 3.23. The van der Waals surface area contributed by atoms with Gasteiger partial charge >= 0.3 is 0 Å². The molecule has 17 heavy (non-hydrogen) atoms. The van der Waals surface area contributed by atoms with Gasteiger partial charge in [-0.05, 0) is 34.5 Å². The number of hydrogen-bond donors (Lipinski definition) is 0. The van der Waals surface area contributed by atoms with E-state index in [4.69, 9.17) is 0 Å². The van der Waals surface area contributed by atoms with E-state index >= 15 is 0 Å². The van der Waals surface area contributed by atoms with E-state index in [1.807, 2.05) is 13.8 Å². The fraction of sp³-hybridized carbons (Fsp3) is 0.455. The molecule has 0 spiro atoms. The topological polar surface area (TPSA) is 30.2 Å². The second-order valence-corrected chi connectivity index (χ2v) is 4.77. The first-order valence-corrected chi connectivity index (χ1v) is 6.16. The summed E-state index contributed by atoms with van der Waals surface area (Å²) in [6, 6.07) is 2.74. The number of fused-ring (bicyclic) bond motifs is 1. The molecule has 0 fully saturated rings. The van der Waals surface area contributed by atoms with Gasteiger partial charge in [-0.15, -0.1) is 5.10 Å². The number of aromatic nitrogens is 3. The molecule has 1 atom stereocenters.